The van der Waals surface area contributed by atoms with Crippen LogP contribution in [0.5, 0.6) is 0 Å². The molecule has 0 fully saturated rings. The number of hydrogen-bond donors (Lipinski definition) is 1. The van der Waals surface area contributed by atoms with Gasteiger partial charge in [0.1, 0.15) is 5.76 Å². The Morgan fingerprint density at radius 1 is 1.19 bits per heavy atom. The number of carbonyl (C=O) groups is 1. The van der Waals surface area contributed by atoms with E-state index in [4.69, 9.17) is 4.42 Å². The third-order valence-corrected chi connectivity index (χ3v) is 2.35. The van der Waals surface area contributed by atoms with E-state index < -0.39 is 0 Å². The lowest BCUT2D eigenvalue weighted by molar-refractivity contribution is 0.0935. The molecule has 1 atom stereocenters. The van der Waals surface area contributed by atoms with Crippen molar-refractivity contribution in [3.63, 3.8) is 0 Å². The first kappa shape index (κ1) is 10.5. The minimum absolute atomic E-state index is 0.0931. The van der Waals surface area contributed by atoms with E-state index in [1.54, 1.807) is 24.5 Å². The van der Waals surface area contributed by atoms with Gasteiger partial charge >= 0.3 is 0 Å². The van der Waals surface area contributed by atoms with E-state index >= 15 is 0 Å². The van der Waals surface area contributed by atoms with E-state index in [0.29, 0.717) is 5.56 Å². The molecule has 0 bridgehead atoms. The van der Waals surface area contributed by atoms with Gasteiger partial charge in [0, 0.05) is 5.56 Å². The van der Waals surface area contributed by atoms with Gasteiger partial charge in [0.2, 0.25) is 0 Å². The van der Waals surface area contributed by atoms with Crippen molar-refractivity contribution in [2.45, 2.75) is 13.0 Å². The van der Waals surface area contributed by atoms with Crippen LogP contribution in [0.1, 0.15) is 29.1 Å². The fourth-order valence-corrected chi connectivity index (χ4v) is 1.48. The van der Waals surface area contributed by atoms with Crippen LogP contribution in [0.3, 0.4) is 0 Å². The summed E-state index contributed by atoms with van der Waals surface area (Å²) in [5.41, 5.74) is 0.654. The van der Waals surface area contributed by atoms with Gasteiger partial charge in [-0.25, -0.2) is 0 Å². The van der Waals surface area contributed by atoms with Crippen LogP contribution in [0.25, 0.3) is 0 Å². The summed E-state index contributed by atoms with van der Waals surface area (Å²) in [4.78, 5) is 11.8. The zero-order valence-electron chi connectivity index (χ0n) is 9.01. The number of furan rings is 1. The maximum Gasteiger partial charge on any atom is 0.251 e. The number of hydrogen-bond acceptors (Lipinski definition) is 2. The molecule has 1 unspecified atom stereocenters. The second kappa shape index (κ2) is 4.66. The van der Waals surface area contributed by atoms with E-state index in [-0.39, 0.29) is 11.9 Å². The Labute approximate surface area is 94.1 Å². The standard InChI is InChI=1S/C13H13NO2/c1-10(12-8-5-9-16-12)14-13(15)11-6-3-2-4-7-11/h2-10H,1H3,(H,14,15). The largest absolute Gasteiger partial charge is 0.467 e. The van der Waals surface area contributed by atoms with Gasteiger partial charge in [0.05, 0.1) is 12.3 Å². The fourth-order valence-electron chi connectivity index (χ4n) is 1.48. The van der Waals surface area contributed by atoms with Crippen molar-refractivity contribution >= 4 is 5.91 Å². The molecule has 1 N–H and O–H groups in total. The summed E-state index contributed by atoms with van der Waals surface area (Å²) in [7, 11) is 0. The van der Waals surface area contributed by atoms with Crippen molar-refractivity contribution in [3.05, 3.63) is 60.1 Å². The highest BCUT2D eigenvalue weighted by molar-refractivity contribution is 5.94. The molecule has 16 heavy (non-hydrogen) atoms. The molecule has 82 valence electrons. The van der Waals surface area contributed by atoms with Crippen LogP contribution >= 0.6 is 0 Å². The second-order valence-electron chi connectivity index (χ2n) is 3.58. The summed E-state index contributed by atoms with van der Waals surface area (Å²) in [6, 6.07) is 12.7. The lowest BCUT2D eigenvalue weighted by Gasteiger charge is -2.11. The minimum atomic E-state index is -0.122. The molecule has 0 aliphatic heterocycles. The summed E-state index contributed by atoms with van der Waals surface area (Å²) in [5, 5.41) is 2.87. The number of amides is 1. The Balaban J connectivity index is 2.03. The number of nitrogens with one attached hydrogen (secondary N) is 1. The highest BCUT2D eigenvalue weighted by Gasteiger charge is 2.12. The summed E-state index contributed by atoms with van der Waals surface area (Å²) < 4.78 is 5.22. The highest BCUT2D eigenvalue weighted by Crippen LogP contribution is 2.13. The van der Waals surface area contributed by atoms with Gasteiger partial charge in [-0.05, 0) is 31.2 Å². The second-order valence-corrected chi connectivity index (χ2v) is 3.58. The average molecular weight is 215 g/mol. The van der Waals surface area contributed by atoms with Gasteiger partial charge < -0.3 is 9.73 Å². The first-order chi connectivity index (χ1) is 7.77. The van der Waals surface area contributed by atoms with Crippen molar-refractivity contribution in [2.75, 3.05) is 0 Å². The maximum absolute atomic E-state index is 11.8. The Morgan fingerprint density at radius 2 is 1.94 bits per heavy atom. The van der Waals surface area contributed by atoms with E-state index in [9.17, 15) is 4.79 Å². The molecule has 3 heteroatoms. The summed E-state index contributed by atoms with van der Waals surface area (Å²) in [6.07, 6.45) is 1.60. The normalized spacial score (nSPS) is 12.1. The summed E-state index contributed by atoms with van der Waals surface area (Å²) in [6.45, 7) is 1.89. The van der Waals surface area contributed by atoms with Crippen LogP contribution in [-0.2, 0) is 0 Å². The number of rotatable bonds is 3. The van der Waals surface area contributed by atoms with Crippen molar-refractivity contribution in [3.8, 4) is 0 Å². The van der Waals surface area contributed by atoms with Crippen molar-refractivity contribution in [1.82, 2.24) is 5.32 Å². The molecule has 0 spiro atoms. The Hall–Kier alpha value is -2.03. The third-order valence-electron chi connectivity index (χ3n) is 2.35. The first-order valence-electron chi connectivity index (χ1n) is 5.16. The minimum Gasteiger partial charge on any atom is -0.467 e. The van der Waals surface area contributed by atoms with Crippen molar-refractivity contribution < 1.29 is 9.21 Å². The quantitative estimate of drug-likeness (QED) is 0.855. The van der Waals surface area contributed by atoms with Gasteiger partial charge in [-0.3, -0.25) is 4.79 Å². The maximum atomic E-state index is 11.8. The molecule has 0 aliphatic rings. The van der Waals surface area contributed by atoms with Crippen molar-refractivity contribution in [1.29, 1.82) is 0 Å². The zero-order chi connectivity index (χ0) is 11.4. The third kappa shape index (κ3) is 2.31. The van der Waals surface area contributed by atoms with Gasteiger partial charge in [-0.1, -0.05) is 18.2 Å². The molecule has 3 nitrogen and oxygen atoms in total. The highest BCUT2D eigenvalue weighted by atomic mass is 16.3. The number of carbonyl (C=O) groups excluding carboxylic acids is 1. The van der Waals surface area contributed by atoms with Gasteiger partial charge in [-0.15, -0.1) is 0 Å². The molecule has 0 saturated heterocycles. The van der Waals surface area contributed by atoms with E-state index in [2.05, 4.69) is 5.32 Å². The van der Waals surface area contributed by atoms with Crippen LogP contribution in [0.15, 0.2) is 53.1 Å². The molecular formula is C13H13NO2. The Kier molecular flexibility index (Phi) is 3.05. The molecule has 1 aromatic carbocycles. The SMILES string of the molecule is CC(NC(=O)c1ccccc1)c1ccco1. The van der Waals surface area contributed by atoms with Crippen LogP contribution in [0.4, 0.5) is 0 Å². The molecule has 2 rings (SSSR count). The Morgan fingerprint density at radius 3 is 2.56 bits per heavy atom. The molecule has 0 radical (unpaired) electrons. The van der Waals surface area contributed by atoms with Crippen molar-refractivity contribution in [2.24, 2.45) is 0 Å². The molecule has 2 aromatic rings. The zero-order valence-corrected chi connectivity index (χ0v) is 9.01. The summed E-state index contributed by atoms with van der Waals surface area (Å²) in [5.74, 6) is 0.661. The lowest BCUT2D eigenvalue weighted by Crippen LogP contribution is -2.26. The first-order valence-corrected chi connectivity index (χ1v) is 5.16. The van der Waals surface area contributed by atoms with Crippen LogP contribution in [-0.4, -0.2) is 5.91 Å². The molecule has 0 aliphatic carbocycles. The topological polar surface area (TPSA) is 42.2 Å². The van der Waals surface area contributed by atoms with Gasteiger partial charge in [0.15, 0.2) is 0 Å². The van der Waals surface area contributed by atoms with Gasteiger partial charge in [-0.2, -0.15) is 0 Å². The van der Waals surface area contributed by atoms with Crippen LogP contribution < -0.4 is 5.32 Å². The molecular weight excluding hydrogens is 202 g/mol. The summed E-state index contributed by atoms with van der Waals surface area (Å²) >= 11 is 0. The van der Waals surface area contributed by atoms with E-state index in [0.717, 1.165) is 5.76 Å². The Bertz CT molecular complexity index is 448. The monoisotopic (exact) mass is 215 g/mol. The number of benzene rings is 1. The van der Waals surface area contributed by atoms with Gasteiger partial charge in [0.25, 0.3) is 5.91 Å². The van der Waals surface area contributed by atoms with Crippen LogP contribution in [0, 0.1) is 0 Å². The van der Waals surface area contributed by atoms with E-state index in [1.807, 2.05) is 31.2 Å². The average Bonchev–Trinajstić information content (AvgIpc) is 2.83. The smallest absolute Gasteiger partial charge is 0.251 e. The molecule has 0 saturated carbocycles. The molecule has 1 amide bonds. The lowest BCUT2D eigenvalue weighted by atomic mass is 10.2. The van der Waals surface area contributed by atoms with Crippen LogP contribution in [0.2, 0.25) is 0 Å². The molecule has 1 heterocycles. The fraction of sp³-hybridized carbons (Fsp3) is 0.154. The predicted octanol–water partition coefficient (Wildman–Crippen LogP) is 2.77. The van der Waals surface area contributed by atoms with E-state index in [1.165, 1.54) is 0 Å². The molecule has 1 aromatic heterocycles. The predicted molar refractivity (Wildman–Crippen MR) is 61.0 cm³/mol.